The van der Waals surface area contributed by atoms with E-state index in [0.717, 1.165) is 0 Å². The van der Waals surface area contributed by atoms with Crippen molar-refractivity contribution in [1.29, 1.82) is 0 Å². The van der Waals surface area contributed by atoms with Gasteiger partial charge in [-0.05, 0) is 40.5 Å². The molecular formula is C12H20F3NO3. The molecule has 0 unspecified atom stereocenters. The van der Waals surface area contributed by atoms with Gasteiger partial charge in [0.25, 0.3) is 0 Å². The minimum Gasteiger partial charge on any atom is -0.444 e. The Morgan fingerprint density at radius 2 is 1.84 bits per heavy atom. The summed E-state index contributed by atoms with van der Waals surface area (Å²) in [5.74, 6) is 0. The molecule has 1 aliphatic heterocycles. The average molecular weight is 283 g/mol. The summed E-state index contributed by atoms with van der Waals surface area (Å²) in [6.45, 7) is 7.13. The maximum Gasteiger partial charge on any atom is 0.522 e. The molecule has 1 saturated heterocycles. The third kappa shape index (κ3) is 5.67. The minimum absolute atomic E-state index is 0.152. The van der Waals surface area contributed by atoms with Gasteiger partial charge in [-0.25, -0.2) is 4.79 Å². The molecule has 0 aromatic carbocycles. The summed E-state index contributed by atoms with van der Waals surface area (Å²) in [4.78, 5) is 13.3. The van der Waals surface area contributed by atoms with Crippen molar-refractivity contribution < 1.29 is 27.4 Å². The van der Waals surface area contributed by atoms with E-state index in [9.17, 15) is 18.0 Å². The third-order valence-corrected chi connectivity index (χ3v) is 2.76. The van der Waals surface area contributed by atoms with E-state index in [1.807, 2.05) is 0 Å². The van der Waals surface area contributed by atoms with Gasteiger partial charge in [0.15, 0.2) is 0 Å². The van der Waals surface area contributed by atoms with Gasteiger partial charge >= 0.3 is 12.5 Å². The van der Waals surface area contributed by atoms with Crippen LogP contribution < -0.4 is 0 Å². The van der Waals surface area contributed by atoms with Gasteiger partial charge in [0.1, 0.15) is 5.60 Å². The highest BCUT2D eigenvalue weighted by Gasteiger charge is 2.38. The number of likely N-dealkylation sites (tertiary alicyclic amines) is 1. The lowest BCUT2D eigenvalue weighted by Crippen LogP contribution is -2.49. The van der Waals surface area contributed by atoms with Crippen LogP contribution in [0.3, 0.4) is 0 Å². The topological polar surface area (TPSA) is 38.8 Å². The van der Waals surface area contributed by atoms with E-state index in [2.05, 4.69) is 4.74 Å². The fraction of sp³-hybridized carbons (Fsp3) is 0.917. The maximum absolute atomic E-state index is 12.1. The zero-order valence-corrected chi connectivity index (χ0v) is 11.6. The first-order chi connectivity index (χ1) is 8.48. The van der Waals surface area contributed by atoms with Crippen LogP contribution in [0.4, 0.5) is 18.0 Å². The van der Waals surface area contributed by atoms with E-state index >= 15 is 0 Å². The molecule has 1 heterocycles. The molecule has 0 aromatic rings. The van der Waals surface area contributed by atoms with Crippen molar-refractivity contribution in [3.05, 3.63) is 0 Å². The Kier molecular flexibility index (Phi) is 4.71. The molecule has 0 saturated carbocycles. The second-order valence-electron chi connectivity index (χ2n) is 5.73. The highest BCUT2D eigenvalue weighted by atomic mass is 19.4. The SMILES string of the molecule is C[C@@H]1C[C@H](OC(F)(F)F)CCN1C(=O)OC(C)(C)C. The average Bonchev–Trinajstić information content (AvgIpc) is 2.11. The molecule has 1 rings (SSSR count). The summed E-state index contributed by atoms with van der Waals surface area (Å²) < 4.78 is 45.6. The Hall–Kier alpha value is -0.980. The van der Waals surface area contributed by atoms with Crippen molar-refractivity contribution in [2.75, 3.05) is 6.54 Å². The lowest BCUT2D eigenvalue weighted by molar-refractivity contribution is -0.346. The number of halogens is 3. The first-order valence-corrected chi connectivity index (χ1v) is 6.22. The van der Waals surface area contributed by atoms with E-state index in [1.165, 1.54) is 4.90 Å². The molecule has 19 heavy (non-hydrogen) atoms. The third-order valence-electron chi connectivity index (χ3n) is 2.76. The number of hydrogen-bond donors (Lipinski definition) is 0. The van der Waals surface area contributed by atoms with Crippen LogP contribution in [-0.4, -0.2) is 41.6 Å². The first kappa shape index (κ1) is 16.1. The number of carbonyl (C=O) groups is 1. The molecule has 0 bridgehead atoms. The van der Waals surface area contributed by atoms with Crippen molar-refractivity contribution in [3.8, 4) is 0 Å². The molecule has 2 atom stereocenters. The highest BCUT2D eigenvalue weighted by molar-refractivity contribution is 5.68. The van der Waals surface area contributed by atoms with Gasteiger partial charge in [0.05, 0.1) is 6.10 Å². The molecule has 4 nitrogen and oxygen atoms in total. The van der Waals surface area contributed by atoms with Crippen LogP contribution in [0.25, 0.3) is 0 Å². The van der Waals surface area contributed by atoms with E-state index in [0.29, 0.717) is 0 Å². The van der Waals surface area contributed by atoms with Crippen molar-refractivity contribution in [2.24, 2.45) is 0 Å². The number of amides is 1. The number of ether oxygens (including phenoxy) is 2. The van der Waals surface area contributed by atoms with Crippen molar-refractivity contribution in [3.63, 3.8) is 0 Å². The van der Waals surface area contributed by atoms with Crippen LogP contribution >= 0.6 is 0 Å². The molecule has 0 radical (unpaired) electrons. The molecule has 1 amide bonds. The van der Waals surface area contributed by atoms with Crippen molar-refractivity contribution in [1.82, 2.24) is 4.90 Å². The Labute approximate surface area is 110 Å². The van der Waals surface area contributed by atoms with Crippen molar-refractivity contribution in [2.45, 2.75) is 64.6 Å². The van der Waals surface area contributed by atoms with Crippen molar-refractivity contribution >= 4 is 6.09 Å². The summed E-state index contributed by atoms with van der Waals surface area (Å²) in [5, 5.41) is 0. The molecule has 1 fully saturated rings. The number of piperidine rings is 1. The van der Waals surface area contributed by atoms with Crippen LogP contribution in [0.15, 0.2) is 0 Å². The maximum atomic E-state index is 12.1. The number of carbonyl (C=O) groups excluding carboxylic acids is 1. The number of nitrogens with zero attached hydrogens (tertiary/aromatic N) is 1. The Bertz CT molecular complexity index is 325. The highest BCUT2D eigenvalue weighted by Crippen LogP contribution is 2.27. The Balaban J connectivity index is 2.53. The van der Waals surface area contributed by atoms with Crippen LogP contribution in [-0.2, 0) is 9.47 Å². The molecule has 0 N–H and O–H groups in total. The fourth-order valence-corrected chi connectivity index (χ4v) is 2.02. The van der Waals surface area contributed by atoms with Crippen LogP contribution in [0.5, 0.6) is 0 Å². The molecule has 112 valence electrons. The first-order valence-electron chi connectivity index (χ1n) is 6.22. The lowest BCUT2D eigenvalue weighted by atomic mass is 10.0. The van der Waals surface area contributed by atoms with Crippen LogP contribution in [0.2, 0.25) is 0 Å². The molecule has 0 spiro atoms. The Morgan fingerprint density at radius 1 is 1.26 bits per heavy atom. The Morgan fingerprint density at radius 3 is 2.26 bits per heavy atom. The normalized spacial score (nSPS) is 25.3. The second kappa shape index (κ2) is 5.56. The van der Waals surface area contributed by atoms with Gasteiger partial charge < -0.3 is 9.64 Å². The summed E-state index contributed by atoms with van der Waals surface area (Å²) in [5.41, 5.74) is -0.615. The number of hydrogen-bond acceptors (Lipinski definition) is 3. The molecule has 1 aliphatic rings. The minimum atomic E-state index is -4.63. The van der Waals surface area contributed by atoms with E-state index in [-0.39, 0.29) is 25.4 Å². The van der Waals surface area contributed by atoms with Gasteiger partial charge in [-0.2, -0.15) is 0 Å². The number of rotatable bonds is 1. The standard InChI is InChI=1S/C12H20F3NO3/c1-8-7-9(18-12(13,14)15)5-6-16(8)10(17)19-11(2,3)4/h8-9H,5-7H2,1-4H3/t8-,9-/m1/s1. The molecule has 7 heteroatoms. The van der Waals surface area contributed by atoms with E-state index in [1.54, 1.807) is 27.7 Å². The predicted molar refractivity (Wildman–Crippen MR) is 62.6 cm³/mol. The molecular weight excluding hydrogens is 263 g/mol. The van der Waals surface area contributed by atoms with E-state index < -0.39 is 24.2 Å². The van der Waals surface area contributed by atoms with Gasteiger partial charge in [0.2, 0.25) is 0 Å². The monoisotopic (exact) mass is 283 g/mol. The second-order valence-corrected chi connectivity index (χ2v) is 5.73. The zero-order chi connectivity index (χ0) is 14.8. The van der Waals surface area contributed by atoms with Gasteiger partial charge in [-0.1, -0.05) is 0 Å². The van der Waals surface area contributed by atoms with Crippen LogP contribution in [0, 0.1) is 0 Å². The van der Waals surface area contributed by atoms with E-state index in [4.69, 9.17) is 4.74 Å². The molecule has 0 aliphatic carbocycles. The quantitative estimate of drug-likeness (QED) is 0.741. The van der Waals surface area contributed by atoms with Crippen LogP contribution in [0.1, 0.15) is 40.5 Å². The molecule has 0 aromatic heterocycles. The predicted octanol–water partition coefficient (Wildman–Crippen LogP) is 3.31. The largest absolute Gasteiger partial charge is 0.522 e. The summed E-state index contributed by atoms with van der Waals surface area (Å²) in [7, 11) is 0. The summed E-state index contributed by atoms with van der Waals surface area (Å²) in [6, 6.07) is -0.337. The zero-order valence-electron chi connectivity index (χ0n) is 11.6. The van der Waals surface area contributed by atoms with Gasteiger partial charge in [-0.3, -0.25) is 4.74 Å². The summed E-state index contributed by atoms with van der Waals surface area (Å²) in [6.07, 6.45) is -5.71. The number of alkyl halides is 3. The van der Waals surface area contributed by atoms with Gasteiger partial charge in [-0.15, -0.1) is 13.2 Å². The smallest absolute Gasteiger partial charge is 0.444 e. The fourth-order valence-electron chi connectivity index (χ4n) is 2.02. The van der Waals surface area contributed by atoms with Gasteiger partial charge in [0, 0.05) is 12.6 Å². The summed E-state index contributed by atoms with van der Waals surface area (Å²) >= 11 is 0. The lowest BCUT2D eigenvalue weighted by Gasteiger charge is -2.38.